The Hall–Kier alpha value is -3.19. The van der Waals surface area contributed by atoms with Gasteiger partial charge in [0.05, 0.1) is 17.4 Å². The predicted molar refractivity (Wildman–Crippen MR) is 111 cm³/mol. The summed E-state index contributed by atoms with van der Waals surface area (Å²) in [7, 11) is 1.87. The van der Waals surface area contributed by atoms with Crippen LogP contribution in [-0.4, -0.2) is 24.7 Å². The Morgan fingerprint density at radius 2 is 2.07 bits per heavy atom. The molecule has 4 aromatic rings. The molecule has 1 aromatic carbocycles. The van der Waals surface area contributed by atoms with Gasteiger partial charge >= 0.3 is 0 Å². The van der Waals surface area contributed by atoms with Gasteiger partial charge in [-0.15, -0.1) is 0 Å². The van der Waals surface area contributed by atoms with Crippen LogP contribution in [0.4, 0.5) is 5.95 Å². The number of fused-ring (bicyclic) bond motifs is 1. The van der Waals surface area contributed by atoms with Crippen molar-refractivity contribution in [1.29, 1.82) is 0 Å². The fourth-order valence-corrected chi connectivity index (χ4v) is 3.40. The van der Waals surface area contributed by atoms with E-state index in [0.717, 1.165) is 27.9 Å². The highest BCUT2D eigenvalue weighted by molar-refractivity contribution is 6.31. The number of aromatic nitrogens is 5. The predicted octanol–water partition coefficient (Wildman–Crippen LogP) is 3.85. The van der Waals surface area contributed by atoms with Crippen LogP contribution in [-0.2, 0) is 7.05 Å². The van der Waals surface area contributed by atoms with E-state index in [0.29, 0.717) is 16.5 Å². The van der Waals surface area contributed by atoms with Crippen LogP contribution in [0.25, 0.3) is 22.2 Å². The number of nitrogens with zero attached hydrogens (tertiary/aromatic N) is 4. The third-order valence-electron chi connectivity index (χ3n) is 4.59. The van der Waals surface area contributed by atoms with Crippen LogP contribution in [0.1, 0.15) is 24.2 Å². The Bertz CT molecular complexity index is 1230. The molecule has 1 unspecified atom stereocenters. The molecule has 142 valence electrons. The second-order valence-corrected chi connectivity index (χ2v) is 7.16. The molecule has 0 spiro atoms. The molecule has 0 saturated carbocycles. The first-order valence-corrected chi connectivity index (χ1v) is 9.21. The number of anilines is 1. The second-order valence-electron chi connectivity index (χ2n) is 6.72. The van der Waals surface area contributed by atoms with E-state index in [9.17, 15) is 4.79 Å². The summed E-state index contributed by atoms with van der Waals surface area (Å²) in [5.74, 6) is 0.443. The van der Waals surface area contributed by atoms with Gasteiger partial charge in [0.25, 0.3) is 5.56 Å². The number of hydrogen-bond donors (Lipinski definition) is 2. The minimum Gasteiger partial charge on any atom is -0.347 e. The van der Waals surface area contributed by atoms with Crippen LogP contribution < -0.4 is 10.9 Å². The highest BCUT2D eigenvalue weighted by Gasteiger charge is 2.14. The number of benzene rings is 1. The second kappa shape index (κ2) is 7.09. The van der Waals surface area contributed by atoms with E-state index in [1.165, 1.54) is 0 Å². The van der Waals surface area contributed by atoms with Gasteiger partial charge in [0, 0.05) is 46.5 Å². The Kier molecular flexibility index (Phi) is 4.60. The smallest absolute Gasteiger partial charge is 0.253 e. The number of nitrogens with one attached hydrogen (secondary N) is 2. The summed E-state index contributed by atoms with van der Waals surface area (Å²) in [4.78, 5) is 24.3. The molecule has 1 atom stereocenters. The third-order valence-corrected chi connectivity index (χ3v) is 4.83. The van der Waals surface area contributed by atoms with E-state index >= 15 is 0 Å². The molecular weight excluding hydrogens is 376 g/mol. The average molecular weight is 395 g/mol. The number of halogens is 1. The van der Waals surface area contributed by atoms with Crippen LogP contribution in [0, 0.1) is 6.92 Å². The Morgan fingerprint density at radius 1 is 1.25 bits per heavy atom. The van der Waals surface area contributed by atoms with E-state index in [4.69, 9.17) is 11.6 Å². The first kappa shape index (κ1) is 18.2. The zero-order valence-corrected chi connectivity index (χ0v) is 16.4. The first-order chi connectivity index (χ1) is 13.4. The lowest BCUT2D eigenvalue weighted by Gasteiger charge is -2.14. The molecule has 0 amide bonds. The van der Waals surface area contributed by atoms with Gasteiger partial charge in [0.2, 0.25) is 5.95 Å². The van der Waals surface area contributed by atoms with Crippen LogP contribution >= 0.6 is 11.6 Å². The fraction of sp³-hybridized carbons (Fsp3) is 0.200. The van der Waals surface area contributed by atoms with Gasteiger partial charge in [-0.1, -0.05) is 11.6 Å². The molecule has 0 radical (unpaired) electrons. The minimum absolute atomic E-state index is 0.158. The van der Waals surface area contributed by atoms with Gasteiger partial charge in [-0.3, -0.25) is 9.48 Å². The molecule has 2 N–H and O–H groups in total. The quantitative estimate of drug-likeness (QED) is 0.548. The van der Waals surface area contributed by atoms with Crippen molar-refractivity contribution in [3.8, 4) is 11.3 Å². The van der Waals surface area contributed by atoms with Gasteiger partial charge in [0.15, 0.2) is 0 Å². The van der Waals surface area contributed by atoms with Gasteiger partial charge in [-0.2, -0.15) is 5.10 Å². The Balaban J connectivity index is 1.65. The average Bonchev–Trinajstić information content (AvgIpc) is 3.00. The molecule has 4 rings (SSSR count). The summed E-state index contributed by atoms with van der Waals surface area (Å²) in [5, 5.41) is 9.06. The number of aromatic amines is 1. The molecule has 0 aliphatic carbocycles. The van der Waals surface area contributed by atoms with Crippen molar-refractivity contribution in [3.63, 3.8) is 0 Å². The van der Waals surface area contributed by atoms with Crippen molar-refractivity contribution < 1.29 is 0 Å². The van der Waals surface area contributed by atoms with Crippen molar-refractivity contribution in [2.75, 3.05) is 5.32 Å². The monoisotopic (exact) mass is 394 g/mol. The summed E-state index contributed by atoms with van der Waals surface area (Å²) in [6.07, 6.45) is 3.61. The zero-order valence-electron chi connectivity index (χ0n) is 15.7. The van der Waals surface area contributed by atoms with Gasteiger partial charge in [-0.25, -0.2) is 9.97 Å². The summed E-state index contributed by atoms with van der Waals surface area (Å²) < 4.78 is 1.75. The molecule has 0 aliphatic rings. The van der Waals surface area contributed by atoms with E-state index in [-0.39, 0.29) is 11.6 Å². The lowest BCUT2D eigenvalue weighted by molar-refractivity contribution is 0.756. The van der Waals surface area contributed by atoms with E-state index < -0.39 is 0 Å². The number of rotatable bonds is 4. The van der Waals surface area contributed by atoms with E-state index in [1.807, 2.05) is 45.3 Å². The summed E-state index contributed by atoms with van der Waals surface area (Å²) in [5.41, 5.74) is 3.78. The molecular formula is C20H19ClN6O. The van der Waals surface area contributed by atoms with Crippen LogP contribution in [0.5, 0.6) is 0 Å². The van der Waals surface area contributed by atoms with Crippen molar-refractivity contribution >= 4 is 28.5 Å². The van der Waals surface area contributed by atoms with Crippen molar-refractivity contribution in [2.24, 2.45) is 7.05 Å². The highest BCUT2D eigenvalue weighted by Crippen LogP contribution is 2.23. The lowest BCUT2D eigenvalue weighted by atomic mass is 10.1. The SMILES string of the molecule is Cc1nn(C)cc1-c1ccnc(NC(C)c2cc3cc(Cl)ccc3[nH]c2=O)n1. The molecule has 8 heteroatoms. The van der Waals surface area contributed by atoms with Crippen LogP contribution in [0.2, 0.25) is 5.02 Å². The normalized spacial score (nSPS) is 12.3. The van der Waals surface area contributed by atoms with Crippen LogP contribution in [0.3, 0.4) is 0 Å². The van der Waals surface area contributed by atoms with Gasteiger partial charge in [0.1, 0.15) is 0 Å². The maximum absolute atomic E-state index is 12.5. The zero-order chi connectivity index (χ0) is 19.8. The number of aryl methyl sites for hydroxylation is 2. The molecule has 28 heavy (non-hydrogen) atoms. The number of H-pyrrole nitrogens is 1. The minimum atomic E-state index is -0.294. The molecule has 7 nitrogen and oxygen atoms in total. The Labute approximate surface area is 166 Å². The summed E-state index contributed by atoms with van der Waals surface area (Å²) in [6, 6.07) is 8.76. The fourth-order valence-electron chi connectivity index (χ4n) is 3.22. The summed E-state index contributed by atoms with van der Waals surface area (Å²) >= 11 is 6.08. The van der Waals surface area contributed by atoms with Gasteiger partial charge in [-0.05, 0) is 44.2 Å². The maximum atomic E-state index is 12.5. The topological polar surface area (TPSA) is 88.5 Å². The molecule has 0 aliphatic heterocycles. The van der Waals surface area contributed by atoms with Crippen LogP contribution in [0.15, 0.2) is 47.5 Å². The van der Waals surface area contributed by atoms with Gasteiger partial charge < -0.3 is 10.3 Å². The molecule has 3 heterocycles. The lowest BCUT2D eigenvalue weighted by Crippen LogP contribution is -2.20. The van der Waals surface area contributed by atoms with Crippen molar-refractivity contribution in [2.45, 2.75) is 19.9 Å². The maximum Gasteiger partial charge on any atom is 0.253 e. The van der Waals surface area contributed by atoms with Crippen molar-refractivity contribution in [1.82, 2.24) is 24.7 Å². The molecule has 0 fully saturated rings. The number of pyridine rings is 1. The van der Waals surface area contributed by atoms with E-state index in [2.05, 4.69) is 25.4 Å². The van der Waals surface area contributed by atoms with E-state index in [1.54, 1.807) is 23.0 Å². The summed E-state index contributed by atoms with van der Waals surface area (Å²) in [6.45, 7) is 3.83. The highest BCUT2D eigenvalue weighted by atomic mass is 35.5. The standard InChI is InChI=1S/C20H19ClN6O/c1-11(15-9-13-8-14(21)4-5-17(13)24-19(15)28)23-20-22-7-6-18(25-20)16-10-27(3)26-12(16)2/h4-11H,1-3H3,(H,24,28)(H,22,23,25). The first-order valence-electron chi connectivity index (χ1n) is 8.83. The third kappa shape index (κ3) is 3.48. The molecule has 0 saturated heterocycles. The number of hydrogen-bond acceptors (Lipinski definition) is 5. The van der Waals surface area contributed by atoms with Crippen molar-refractivity contribution in [3.05, 3.63) is 69.4 Å². The Morgan fingerprint density at radius 3 is 2.82 bits per heavy atom. The largest absolute Gasteiger partial charge is 0.347 e. The molecule has 3 aromatic heterocycles. The molecule has 0 bridgehead atoms.